The Morgan fingerprint density at radius 1 is 0.811 bits per heavy atom. The van der Waals surface area contributed by atoms with Crippen LogP contribution in [0.3, 0.4) is 0 Å². The van der Waals surface area contributed by atoms with E-state index < -0.39 is 10.0 Å². The molecule has 0 aliphatic carbocycles. The smallest absolute Gasteiger partial charge is 0.255 e. The average Bonchev–Trinajstić information content (AvgIpc) is 3.30. The fourth-order valence-corrected chi connectivity index (χ4v) is 6.19. The van der Waals surface area contributed by atoms with Gasteiger partial charge in [-0.3, -0.25) is 4.79 Å². The normalized spacial score (nSPS) is 14.5. The van der Waals surface area contributed by atoms with Crippen molar-refractivity contribution in [1.82, 2.24) is 13.8 Å². The summed E-state index contributed by atoms with van der Waals surface area (Å²) in [6, 6.07) is 28.1. The summed E-state index contributed by atoms with van der Waals surface area (Å²) in [4.78, 5) is 15.7. The number of carbonyl (C=O) groups is 1. The molecule has 1 fully saturated rings. The Labute approximate surface area is 217 Å². The van der Waals surface area contributed by atoms with Crippen LogP contribution in [0.15, 0.2) is 95.9 Å². The summed E-state index contributed by atoms with van der Waals surface area (Å²) in [5.74, 6) is 0.664. The van der Waals surface area contributed by atoms with E-state index in [1.165, 1.54) is 4.31 Å². The molecule has 0 N–H and O–H groups in total. The maximum Gasteiger partial charge on any atom is 0.255 e. The first kappa shape index (κ1) is 24.8. The minimum Gasteiger partial charge on any atom is -0.497 e. The van der Waals surface area contributed by atoms with Crippen molar-refractivity contribution >= 4 is 15.9 Å². The number of hydrogen-bond acceptors (Lipinski definition) is 4. The Morgan fingerprint density at radius 2 is 1.41 bits per heavy atom. The summed E-state index contributed by atoms with van der Waals surface area (Å²) in [5, 5.41) is 0. The fraction of sp³-hybridized carbons (Fsp3) is 0.207. The van der Waals surface area contributed by atoms with E-state index in [1.807, 2.05) is 67.6 Å². The molecule has 0 bridgehead atoms. The number of sulfonamides is 1. The molecule has 4 aromatic rings. The summed E-state index contributed by atoms with van der Waals surface area (Å²) in [6.07, 6.45) is 0. The van der Waals surface area contributed by atoms with Gasteiger partial charge in [0.05, 0.1) is 23.3 Å². The van der Waals surface area contributed by atoms with Crippen LogP contribution in [-0.2, 0) is 10.0 Å². The molecule has 190 valence electrons. The highest BCUT2D eigenvalue weighted by Crippen LogP contribution is 2.31. The third-order valence-electron chi connectivity index (χ3n) is 6.78. The van der Waals surface area contributed by atoms with Crippen LogP contribution in [0.1, 0.15) is 16.1 Å². The molecule has 7 nitrogen and oxygen atoms in total. The molecule has 3 aromatic carbocycles. The zero-order chi connectivity index (χ0) is 26.0. The zero-order valence-electron chi connectivity index (χ0n) is 20.9. The Morgan fingerprint density at radius 3 is 2.00 bits per heavy atom. The molecular weight excluding hydrogens is 486 g/mol. The van der Waals surface area contributed by atoms with Crippen LogP contribution >= 0.6 is 0 Å². The molecule has 1 aromatic heterocycles. The first-order valence-corrected chi connectivity index (χ1v) is 13.6. The van der Waals surface area contributed by atoms with Gasteiger partial charge in [-0.05, 0) is 67.1 Å². The van der Waals surface area contributed by atoms with Gasteiger partial charge in [0.25, 0.3) is 5.91 Å². The van der Waals surface area contributed by atoms with Gasteiger partial charge in [0.1, 0.15) is 5.75 Å². The van der Waals surface area contributed by atoms with Gasteiger partial charge >= 0.3 is 0 Å². The Hall–Kier alpha value is -3.88. The quantitative estimate of drug-likeness (QED) is 0.376. The van der Waals surface area contributed by atoms with Crippen molar-refractivity contribution < 1.29 is 17.9 Å². The Bertz CT molecular complexity index is 1490. The number of carbonyl (C=O) groups excluding carboxylic acids is 1. The fourth-order valence-electron chi connectivity index (χ4n) is 4.75. The molecule has 1 aliphatic rings. The van der Waals surface area contributed by atoms with Crippen LogP contribution < -0.4 is 4.74 Å². The largest absolute Gasteiger partial charge is 0.497 e. The zero-order valence-corrected chi connectivity index (χ0v) is 21.7. The van der Waals surface area contributed by atoms with Crippen LogP contribution in [0.2, 0.25) is 0 Å². The van der Waals surface area contributed by atoms with Crippen molar-refractivity contribution in [2.24, 2.45) is 0 Å². The SMILES string of the molecule is COc1ccc(-c2cc(C(=O)N3CCN(S(=O)(=O)c4ccccc4)CC3)c(C)n2-c2ccccc2)cc1. The summed E-state index contributed by atoms with van der Waals surface area (Å²) >= 11 is 0. The van der Waals surface area contributed by atoms with Gasteiger partial charge in [-0.1, -0.05) is 36.4 Å². The number of para-hydroxylation sites is 1. The average molecular weight is 516 g/mol. The molecule has 0 radical (unpaired) electrons. The molecule has 5 rings (SSSR count). The van der Waals surface area contributed by atoms with Crippen molar-refractivity contribution in [3.05, 3.63) is 102 Å². The lowest BCUT2D eigenvalue weighted by Gasteiger charge is -2.34. The van der Waals surface area contributed by atoms with Gasteiger partial charge < -0.3 is 14.2 Å². The number of piperazine rings is 1. The maximum atomic E-state index is 13.7. The number of benzene rings is 3. The lowest BCUT2D eigenvalue weighted by Crippen LogP contribution is -2.50. The monoisotopic (exact) mass is 515 g/mol. The summed E-state index contributed by atoms with van der Waals surface area (Å²) in [6.45, 7) is 3.13. The molecule has 8 heteroatoms. The number of methoxy groups -OCH3 is 1. The van der Waals surface area contributed by atoms with Crippen molar-refractivity contribution in [3.8, 4) is 22.7 Å². The second-order valence-corrected chi connectivity index (χ2v) is 10.9. The Balaban J connectivity index is 1.43. The van der Waals surface area contributed by atoms with Gasteiger partial charge in [-0.25, -0.2) is 8.42 Å². The van der Waals surface area contributed by atoms with E-state index >= 15 is 0 Å². The molecule has 1 saturated heterocycles. The van der Waals surface area contributed by atoms with Crippen molar-refractivity contribution in [1.29, 1.82) is 0 Å². The van der Waals surface area contributed by atoms with Crippen molar-refractivity contribution in [2.45, 2.75) is 11.8 Å². The standard InChI is InChI=1S/C29H29N3O4S/c1-22-27(29(33)30-17-19-31(20-18-30)37(34,35)26-11-7-4-8-12-26)21-28(23-13-15-25(36-2)16-14-23)32(22)24-9-5-3-6-10-24/h3-16,21H,17-20H2,1-2H3. The van der Waals surface area contributed by atoms with E-state index in [2.05, 4.69) is 4.57 Å². The van der Waals surface area contributed by atoms with E-state index in [-0.39, 0.29) is 23.9 Å². The maximum absolute atomic E-state index is 13.7. The molecule has 1 amide bonds. The molecule has 0 saturated carbocycles. The van der Waals surface area contributed by atoms with Gasteiger partial charge in [-0.2, -0.15) is 4.31 Å². The molecule has 2 heterocycles. The van der Waals surface area contributed by atoms with Gasteiger partial charge in [0, 0.05) is 37.6 Å². The highest BCUT2D eigenvalue weighted by Gasteiger charge is 2.31. The molecule has 0 spiro atoms. The number of ether oxygens (including phenoxy) is 1. The topological polar surface area (TPSA) is 71.8 Å². The van der Waals surface area contributed by atoms with Crippen LogP contribution in [0.5, 0.6) is 5.75 Å². The number of amides is 1. The van der Waals surface area contributed by atoms with Crippen LogP contribution in [-0.4, -0.2) is 61.4 Å². The second kappa shape index (κ2) is 10.2. The predicted molar refractivity (Wildman–Crippen MR) is 144 cm³/mol. The van der Waals surface area contributed by atoms with E-state index in [0.29, 0.717) is 18.7 Å². The van der Waals surface area contributed by atoms with Gasteiger partial charge in [0.15, 0.2) is 0 Å². The highest BCUT2D eigenvalue weighted by molar-refractivity contribution is 7.89. The highest BCUT2D eigenvalue weighted by atomic mass is 32.2. The van der Waals surface area contributed by atoms with Crippen LogP contribution in [0.4, 0.5) is 0 Å². The minimum absolute atomic E-state index is 0.0984. The van der Waals surface area contributed by atoms with Crippen LogP contribution in [0, 0.1) is 6.92 Å². The van der Waals surface area contributed by atoms with Crippen molar-refractivity contribution in [2.75, 3.05) is 33.3 Å². The van der Waals surface area contributed by atoms with Crippen LogP contribution in [0.25, 0.3) is 16.9 Å². The molecule has 37 heavy (non-hydrogen) atoms. The van der Waals surface area contributed by atoms with E-state index in [4.69, 9.17) is 4.74 Å². The number of aromatic nitrogens is 1. The van der Waals surface area contributed by atoms with E-state index in [0.717, 1.165) is 28.4 Å². The van der Waals surface area contributed by atoms with Gasteiger partial charge in [-0.15, -0.1) is 0 Å². The Kier molecular flexibility index (Phi) is 6.86. The first-order valence-electron chi connectivity index (χ1n) is 12.2. The minimum atomic E-state index is -3.58. The lowest BCUT2D eigenvalue weighted by atomic mass is 10.1. The predicted octanol–water partition coefficient (Wildman–Crippen LogP) is 4.61. The lowest BCUT2D eigenvalue weighted by molar-refractivity contribution is 0.0697. The van der Waals surface area contributed by atoms with Gasteiger partial charge in [0.2, 0.25) is 10.0 Å². The summed E-state index contributed by atoms with van der Waals surface area (Å²) in [7, 11) is -1.95. The molecular formula is C29H29N3O4S. The van der Waals surface area contributed by atoms with E-state index in [1.54, 1.807) is 42.3 Å². The van der Waals surface area contributed by atoms with Crippen molar-refractivity contribution in [3.63, 3.8) is 0 Å². The third-order valence-corrected chi connectivity index (χ3v) is 8.70. The van der Waals surface area contributed by atoms with E-state index in [9.17, 15) is 13.2 Å². The number of rotatable bonds is 6. The molecule has 1 aliphatic heterocycles. The molecule has 0 unspecified atom stereocenters. The number of hydrogen-bond donors (Lipinski definition) is 0. The molecule has 0 atom stereocenters. The number of nitrogens with zero attached hydrogens (tertiary/aromatic N) is 3. The second-order valence-electron chi connectivity index (χ2n) is 8.94. The third kappa shape index (κ3) is 4.77. The summed E-state index contributed by atoms with van der Waals surface area (Å²) in [5.41, 5.74) is 4.27. The summed E-state index contributed by atoms with van der Waals surface area (Å²) < 4.78 is 34.9. The first-order chi connectivity index (χ1) is 17.9.